The first-order valence-corrected chi connectivity index (χ1v) is 8.34. The Morgan fingerprint density at radius 2 is 1.78 bits per heavy atom. The van der Waals surface area contributed by atoms with Crippen molar-refractivity contribution in [3.63, 3.8) is 0 Å². The van der Waals surface area contributed by atoms with Crippen molar-refractivity contribution in [2.45, 2.75) is 19.8 Å². The van der Waals surface area contributed by atoms with Gasteiger partial charge in [-0.3, -0.25) is 4.79 Å². The van der Waals surface area contributed by atoms with Crippen molar-refractivity contribution in [3.8, 4) is 0 Å². The number of carbonyl (C=O) groups excluding carboxylic acids is 1. The van der Waals surface area contributed by atoms with Crippen molar-refractivity contribution in [1.29, 1.82) is 0 Å². The largest absolute Gasteiger partial charge is 0.466 e. The summed E-state index contributed by atoms with van der Waals surface area (Å²) in [6.07, 6.45) is 3.25. The van der Waals surface area contributed by atoms with Gasteiger partial charge in [-0.15, -0.1) is 0 Å². The van der Waals surface area contributed by atoms with Crippen LogP contribution in [0.5, 0.6) is 0 Å². The number of hydrogen-bond donors (Lipinski definition) is 0. The number of anilines is 2. The molecule has 0 amide bonds. The summed E-state index contributed by atoms with van der Waals surface area (Å²) in [5.74, 6) is 1.84. The minimum atomic E-state index is -0.0659. The van der Waals surface area contributed by atoms with E-state index in [0.717, 1.165) is 63.9 Å². The summed E-state index contributed by atoms with van der Waals surface area (Å²) < 4.78 is 10.5. The minimum Gasteiger partial charge on any atom is -0.466 e. The molecule has 0 N–H and O–H groups in total. The van der Waals surface area contributed by atoms with Crippen LogP contribution in [0.1, 0.15) is 19.8 Å². The fourth-order valence-electron chi connectivity index (χ4n) is 3.08. The predicted octanol–water partition coefficient (Wildman–Crippen LogP) is 1.09. The lowest BCUT2D eigenvalue weighted by molar-refractivity contribution is -0.148. The second-order valence-corrected chi connectivity index (χ2v) is 5.85. The van der Waals surface area contributed by atoms with E-state index in [0.29, 0.717) is 6.61 Å². The molecule has 0 spiro atoms. The van der Waals surface area contributed by atoms with Crippen molar-refractivity contribution in [3.05, 3.63) is 12.4 Å². The van der Waals surface area contributed by atoms with Crippen molar-refractivity contribution < 1.29 is 14.3 Å². The zero-order valence-corrected chi connectivity index (χ0v) is 13.6. The Hall–Kier alpha value is -1.89. The Morgan fingerprint density at radius 3 is 2.39 bits per heavy atom. The molecule has 0 radical (unpaired) electrons. The molecule has 1 aromatic heterocycles. The number of esters is 1. The number of carbonyl (C=O) groups is 1. The second-order valence-electron chi connectivity index (χ2n) is 5.85. The first-order chi connectivity index (χ1) is 11.3. The molecular formula is C16H24N4O3. The molecule has 1 aromatic rings. The second kappa shape index (κ2) is 7.59. The van der Waals surface area contributed by atoms with Gasteiger partial charge in [0, 0.05) is 32.2 Å². The Bertz CT molecular complexity index is 526. The lowest BCUT2D eigenvalue weighted by Gasteiger charge is -2.33. The molecule has 2 fully saturated rings. The van der Waals surface area contributed by atoms with E-state index >= 15 is 0 Å². The zero-order chi connectivity index (χ0) is 16.1. The van der Waals surface area contributed by atoms with E-state index in [4.69, 9.17) is 9.47 Å². The maximum atomic E-state index is 11.8. The SMILES string of the molecule is CCOC(=O)C1CCN(c2cc(N3CCOCC3)ncn2)CC1. The molecule has 0 aromatic carbocycles. The third-order valence-corrected chi connectivity index (χ3v) is 4.41. The van der Waals surface area contributed by atoms with Crippen LogP contribution >= 0.6 is 0 Å². The molecule has 0 unspecified atom stereocenters. The standard InChI is InChI=1S/C16H24N4O3/c1-2-23-16(21)13-3-5-19(6-4-13)14-11-15(18-12-17-14)20-7-9-22-10-8-20/h11-13H,2-10H2,1H3. The number of hydrogen-bond acceptors (Lipinski definition) is 7. The highest BCUT2D eigenvalue weighted by atomic mass is 16.5. The van der Waals surface area contributed by atoms with Crippen LogP contribution in [0, 0.1) is 5.92 Å². The van der Waals surface area contributed by atoms with Crippen LogP contribution in [0.25, 0.3) is 0 Å². The van der Waals surface area contributed by atoms with Gasteiger partial charge in [0.25, 0.3) is 0 Å². The Labute approximate surface area is 136 Å². The average Bonchev–Trinajstić information content (AvgIpc) is 2.63. The van der Waals surface area contributed by atoms with Crippen molar-refractivity contribution >= 4 is 17.6 Å². The Morgan fingerprint density at radius 1 is 1.17 bits per heavy atom. The molecule has 0 bridgehead atoms. The molecule has 2 aliphatic heterocycles. The maximum absolute atomic E-state index is 11.8. The van der Waals surface area contributed by atoms with Gasteiger partial charge < -0.3 is 19.3 Å². The maximum Gasteiger partial charge on any atom is 0.309 e. The minimum absolute atomic E-state index is 0.0201. The number of piperidine rings is 1. The third kappa shape index (κ3) is 3.90. The van der Waals surface area contributed by atoms with Crippen molar-refractivity contribution in [1.82, 2.24) is 9.97 Å². The molecular weight excluding hydrogens is 296 g/mol. The van der Waals surface area contributed by atoms with Crippen LogP contribution in [-0.4, -0.2) is 61.9 Å². The van der Waals surface area contributed by atoms with Gasteiger partial charge in [-0.25, -0.2) is 9.97 Å². The van der Waals surface area contributed by atoms with Crippen molar-refractivity contribution in [2.24, 2.45) is 5.92 Å². The average molecular weight is 320 g/mol. The summed E-state index contributed by atoms with van der Waals surface area (Å²) in [7, 11) is 0. The van der Waals surface area contributed by atoms with Crippen molar-refractivity contribution in [2.75, 3.05) is 55.8 Å². The van der Waals surface area contributed by atoms with Gasteiger partial charge in [0.2, 0.25) is 0 Å². The van der Waals surface area contributed by atoms with Gasteiger partial charge >= 0.3 is 5.97 Å². The van der Waals surface area contributed by atoms with Gasteiger partial charge in [-0.1, -0.05) is 0 Å². The quantitative estimate of drug-likeness (QED) is 0.769. The van der Waals surface area contributed by atoms with E-state index in [2.05, 4.69) is 19.8 Å². The third-order valence-electron chi connectivity index (χ3n) is 4.41. The van der Waals surface area contributed by atoms with E-state index in [9.17, 15) is 4.79 Å². The molecule has 7 heteroatoms. The van der Waals surface area contributed by atoms with Crippen LogP contribution < -0.4 is 9.80 Å². The normalized spacial score (nSPS) is 19.7. The van der Waals surface area contributed by atoms with Gasteiger partial charge in [0.15, 0.2) is 0 Å². The summed E-state index contributed by atoms with van der Waals surface area (Å²) in [6, 6.07) is 2.04. The van der Waals surface area contributed by atoms with E-state index < -0.39 is 0 Å². The van der Waals surface area contributed by atoms with E-state index in [-0.39, 0.29) is 11.9 Å². The van der Waals surface area contributed by atoms with Gasteiger partial charge in [0.1, 0.15) is 18.0 Å². The summed E-state index contributed by atoms with van der Waals surface area (Å²) in [4.78, 5) is 25.1. The van der Waals surface area contributed by atoms with E-state index in [1.54, 1.807) is 6.33 Å². The van der Waals surface area contributed by atoms with Gasteiger partial charge in [0.05, 0.1) is 25.7 Å². The van der Waals surface area contributed by atoms with E-state index in [1.165, 1.54) is 0 Å². The highest BCUT2D eigenvalue weighted by molar-refractivity contribution is 5.72. The Kier molecular flexibility index (Phi) is 5.27. The molecule has 0 saturated carbocycles. The molecule has 126 valence electrons. The molecule has 7 nitrogen and oxygen atoms in total. The molecule has 2 saturated heterocycles. The number of morpholine rings is 1. The van der Waals surface area contributed by atoms with Crippen LogP contribution in [0.4, 0.5) is 11.6 Å². The van der Waals surface area contributed by atoms with Crippen LogP contribution in [0.2, 0.25) is 0 Å². The smallest absolute Gasteiger partial charge is 0.309 e. The van der Waals surface area contributed by atoms with Crippen LogP contribution in [-0.2, 0) is 14.3 Å². The Balaban J connectivity index is 1.61. The molecule has 0 atom stereocenters. The topological polar surface area (TPSA) is 67.8 Å². The molecule has 23 heavy (non-hydrogen) atoms. The van der Waals surface area contributed by atoms with Crippen LogP contribution in [0.15, 0.2) is 12.4 Å². The summed E-state index contributed by atoms with van der Waals surface area (Å²) in [6.45, 7) is 7.15. The summed E-state index contributed by atoms with van der Waals surface area (Å²) in [5, 5.41) is 0. The van der Waals surface area contributed by atoms with Gasteiger partial charge in [-0.2, -0.15) is 0 Å². The fourth-order valence-corrected chi connectivity index (χ4v) is 3.08. The zero-order valence-electron chi connectivity index (χ0n) is 13.6. The van der Waals surface area contributed by atoms with E-state index in [1.807, 2.05) is 13.0 Å². The fraction of sp³-hybridized carbons (Fsp3) is 0.688. The first kappa shape index (κ1) is 16.0. The lowest BCUT2D eigenvalue weighted by Crippen LogP contribution is -2.38. The summed E-state index contributed by atoms with van der Waals surface area (Å²) in [5.41, 5.74) is 0. The highest BCUT2D eigenvalue weighted by Gasteiger charge is 2.27. The van der Waals surface area contributed by atoms with Gasteiger partial charge in [-0.05, 0) is 19.8 Å². The number of ether oxygens (including phenoxy) is 2. The molecule has 3 heterocycles. The highest BCUT2D eigenvalue weighted by Crippen LogP contribution is 2.25. The summed E-state index contributed by atoms with van der Waals surface area (Å²) >= 11 is 0. The number of aromatic nitrogens is 2. The lowest BCUT2D eigenvalue weighted by atomic mass is 9.97. The predicted molar refractivity (Wildman–Crippen MR) is 86.6 cm³/mol. The molecule has 3 rings (SSSR count). The number of rotatable bonds is 4. The number of nitrogens with zero attached hydrogens (tertiary/aromatic N) is 4. The monoisotopic (exact) mass is 320 g/mol. The molecule has 2 aliphatic rings. The first-order valence-electron chi connectivity index (χ1n) is 8.34. The van der Waals surface area contributed by atoms with Crippen LogP contribution in [0.3, 0.4) is 0 Å². The molecule has 0 aliphatic carbocycles.